The number of hydrogen-bond donors (Lipinski definition) is 0. The molecule has 102 valence electrons. The van der Waals surface area contributed by atoms with Crippen LogP contribution in [0.2, 0.25) is 0 Å². The number of alkyl halides is 4. The van der Waals surface area contributed by atoms with Gasteiger partial charge in [0.05, 0.1) is 10.4 Å². The summed E-state index contributed by atoms with van der Waals surface area (Å²) >= 11 is 6.43. The van der Waals surface area contributed by atoms with Crippen molar-refractivity contribution in [3.63, 3.8) is 0 Å². The Morgan fingerprint density at radius 2 is 1.28 bits per heavy atom. The van der Waals surface area contributed by atoms with E-state index >= 15 is 0 Å². The SMILES string of the molecule is CC(C)(C)CC(C)(Cl)c1ccc(C(F)(F)F)cc1. The predicted octanol–water partition coefficient (Wildman–Crippen LogP) is 5.60. The van der Waals surface area contributed by atoms with E-state index < -0.39 is 16.6 Å². The van der Waals surface area contributed by atoms with Gasteiger partial charge in [0.1, 0.15) is 0 Å². The Labute approximate surface area is 111 Å². The summed E-state index contributed by atoms with van der Waals surface area (Å²) in [6.45, 7) is 8.00. The highest BCUT2D eigenvalue weighted by Crippen LogP contribution is 2.40. The van der Waals surface area contributed by atoms with Crippen LogP contribution in [0.1, 0.15) is 45.2 Å². The highest BCUT2D eigenvalue weighted by Gasteiger charge is 2.33. The third-order valence-electron chi connectivity index (χ3n) is 2.68. The maximum absolute atomic E-state index is 12.5. The lowest BCUT2D eigenvalue weighted by atomic mass is 9.81. The van der Waals surface area contributed by atoms with E-state index in [0.29, 0.717) is 12.0 Å². The summed E-state index contributed by atoms with van der Waals surface area (Å²) in [7, 11) is 0. The number of benzene rings is 1. The van der Waals surface area contributed by atoms with E-state index in [9.17, 15) is 13.2 Å². The van der Waals surface area contributed by atoms with Crippen molar-refractivity contribution < 1.29 is 13.2 Å². The maximum Gasteiger partial charge on any atom is 0.416 e. The van der Waals surface area contributed by atoms with E-state index in [-0.39, 0.29) is 5.41 Å². The van der Waals surface area contributed by atoms with Gasteiger partial charge in [-0.2, -0.15) is 13.2 Å². The molecular weight excluding hydrogens is 261 g/mol. The third kappa shape index (κ3) is 4.20. The lowest BCUT2D eigenvalue weighted by Gasteiger charge is -2.31. The van der Waals surface area contributed by atoms with Crippen molar-refractivity contribution in [1.82, 2.24) is 0 Å². The molecule has 1 atom stereocenters. The van der Waals surface area contributed by atoms with Gasteiger partial charge < -0.3 is 0 Å². The van der Waals surface area contributed by atoms with E-state index in [1.54, 1.807) is 0 Å². The van der Waals surface area contributed by atoms with Gasteiger partial charge in [-0.3, -0.25) is 0 Å². The average Bonchev–Trinajstić information content (AvgIpc) is 2.13. The molecule has 0 nitrogen and oxygen atoms in total. The molecule has 0 N–H and O–H groups in total. The molecule has 1 unspecified atom stereocenters. The second-order valence-corrected chi connectivity index (χ2v) is 6.84. The van der Waals surface area contributed by atoms with E-state index in [1.807, 2.05) is 6.92 Å². The number of halogens is 4. The van der Waals surface area contributed by atoms with Gasteiger partial charge in [0.25, 0.3) is 0 Å². The summed E-state index contributed by atoms with van der Waals surface area (Å²) < 4.78 is 37.4. The minimum absolute atomic E-state index is 0.0131. The Morgan fingerprint density at radius 1 is 0.889 bits per heavy atom. The van der Waals surface area contributed by atoms with E-state index in [4.69, 9.17) is 11.6 Å². The molecule has 0 heterocycles. The van der Waals surface area contributed by atoms with Gasteiger partial charge in [0.15, 0.2) is 0 Å². The summed E-state index contributed by atoms with van der Waals surface area (Å²) in [5, 5.41) is 0. The van der Waals surface area contributed by atoms with Crippen LogP contribution in [0.5, 0.6) is 0 Å². The Hall–Kier alpha value is -0.700. The van der Waals surface area contributed by atoms with Crippen molar-refractivity contribution in [2.24, 2.45) is 5.41 Å². The standard InChI is InChI=1S/C14H18ClF3/c1-12(2,3)9-13(4,15)10-5-7-11(8-6-10)14(16,17)18/h5-8H,9H2,1-4H3. The van der Waals surface area contributed by atoms with Gasteiger partial charge in [-0.15, -0.1) is 11.6 Å². The van der Waals surface area contributed by atoms with Gasteiger partial charge >= 0.3 is 6.18 Å². The van der Waals surface area contributed by atoms with Gasteiger partial charge in [0.2, 0.25) is 0 Å². The highest BCUT2D eigenvalue weighted by atomic mass is 35.5. The van der Waals surface area contributed by atoms with Crippen molar-refractivity contribution >= 4 is 11.6 Å². The fourth-order valence-electron chi connectivity index (χ4n) is 2.10. The third-order valence-corrected chi connectivity index (χ3v) is 3.03. The molecule has 18 heavy (non-hydrogen) atoms. The minimum atomic E-state index is -4.30. The first-order valence-corrected chi connectivity index (χ1v) is 6.16. The Balaban J connectivity index is 2.98. The van der Waals surface area contributed by atoms with Gasteiger partial charge in [-0.05, 0) is 36.5 Å². The molecule has 0 fully saturated rings. The zero-order valence-electron chi connectivity index (χ0n) is 11.0. The van der Waals surface area contributed by atoms with Crippen molar-refractivity contribution in [2.75, 3.05) is 0 Å². The summed E-state index contributed by atoms with van der Waals surface area (Å²) in [5.41, 5.74) is 0.0840. The lowest BCUT2D eigenvalue weighted by molar-refractivity contribution is -0.137. The van der Waals surface area contributed by atoms with Crippen LogP contribution in [0.15, 0.2) is 24.3 Å². The highest BCUT2D eigenvalue weighted by molar-refractivity contribution is 6.23. The molecule has 4 heteroatoms. The van der Waals surface area contributed by atoms with Crippen LogP contribution in [-0.2, 0) is 11.1 Å². The van der Waals surface area contributed by atoms with E-state index in [2.05, 4.69) is 20.8 Å². The molecule has 1 aromatic rings. The average molecular weight is 279 g/mol. The largest absolute Gasteiger partial charge is 0.416 e. The normalized spacial score (nSPS) is 16.4. The van der Waals surface area contributed by atoms with Crippen LogP contribution < -0.4 is 0 Å². The first-order valence-electron chi connectivity index (χ1n) is 5.78. The fraction of sp³-hybridized carbons (Fsp3) is 0.571. The molecular formula is C14H18ClF3. The van der Waals surface area contributed by atoms with Gasteiger partial charge in [-0.25, -0.2) is 0 Å². The molecule has 0 amide bonds. The Kier molecular flexibility index (Phi) is 4.06. The first-order chi connectivity index (χ1) is 7.92. The van der Waals surface area contributed by atoms with Crippen LogP contribution in [0.25, 0.3) is 0 Å². The molecule has 0 saturated carbocycles. The number of hydrogen-bond acceptors (Lipinski definition) is 0. The monoisotopic (exact) mass is 278 g/mol. The zero-order chi connectivity index (χ0) is 14.2. The molecule has 0 radical (unpaired) electrons. The molecule has 0 aromatic heterocycles. The molecule has 0 aliphatic heterocycles. The lowest BCUT2D eigenvalue weighted by Crippen LogP contribution is -2.22. The Bertz CT molecular complexity index is 397. The molecule has 1 rings (SSSR count). The van der Waals surface area contributed by atoms with E-state index in [1.165, 1.54) is 12.1 Å². The second kappa shape index (κ2) is 4.76. The van der Waals surface area contributed by atoms with E-state index in [0.717, 1.165) is 12.1 Å². The number of rotatable bonds is 2. The first kappa shape index (κ1) is 15.4. The Morgan fingerprint density at radius 3 is 1.61 bits per heavy atom. The summed E-state index contributed by atoms with van der Waals surface area (Å²) in [6, 6.07) is 5.08. The smallest absolute Gasteiger partial charge is 0.166 e. The van der Waals surface area contributed by atoms with Crippen LogP contribution in [0.4, 0.5) is 13.2 Å². The van der Waals surface area contributed by atoms with Crippen LogP contribution in [0.3, 0.4) is 0 Å². The minimum Gasteiger partial charge on any atom is -0.166 e. The van der Waals surface area contributed by atoms with Crippen LogP contribution in [-0.4, -0.2) is 0 Å². The van der Waals surface area contributed by atoms with Gasteiger partial charge in [-0.1, -0.05) is 32.9 Å². The summed E-state index contributed by atoms with van der Waals surface area (Å²) in [5.74, 6) is 0. The summed E-state index contributed by atoms with van der Waals surface area (Å²) in [4.78, 5) is -0.650. The molecule has 0 saturated heterocycles. The summed E-state index contributed by atoms with van der Waals surface area (Å²) in [6.07, 6.45) is -3.61. The fourth-order valence-corrected chi connectivity index (χ4v) is 2.63. The molecule has 1 aromatic carbocycles. The second-order valence-electron chi connectivity index (χ2n) is 6.01. The zero-order valence-corrected chi connectivity index (χ0v) is 11.8. The van der Waals surface area contributed by atoms with Crippen molar-refractivity contribution in [1.29, 1.82) is 0 Å². The predicted molar refractivity (Wildman–Crippen MR) is 68.7 cm³/mol. The van der Waals surface area contributed by atoms with Crippen molar-refractivity contribution in [2.45, 2.75) is 45.2 Å². The topological polar surface area (TPSA) is 0 Å². The molecule has 0 bridgehead atoms. The maximum atomic E-state index is 12.5. The van der Waals surface area contributed by atoms with Crippen LogP contribution >= 0.6 is 11.6 Å². The quantitative estimate of drug-likeness (QED) is 0.618. The molecule has 0 aliphatic rings. The van der Waals surface area contributed by atoms with Crippen LogP contribution in [0, 0.1) is 5.41 Å². The molecule has 0 spiro atoms. The van der Waals surface area contributed by atoms with Gasteiger partial charge in [0, 0.05) is 0 Å². The molecule has 0 aliphatic carbocycles. The van der Waals surface area contributed by atoms with Crippen molar-refractivity contribution in [3.8, 4) is 0 Å². The van der Waals surface area contributed by atoms with Crippen molar-refractivity contribution in [3.05, 3.63) is 35.4 Å².